The van der Waals surface area contributed by atoms with Crippen molar-refractivity contribution in [3.63, 3.8) is 0 Å². The lowest BCUT2D eigenvalue weighted by Crippen LogP contribution is -2.10. The van der Waals surface area contributed by atoms with Crippen LogP contribution in [0.1, 0.15) is 12.2 Å². The molecule has 0 amide bonds. The van der Waals surface area contributed by atoms with E-state index < -0.39 is 6.55 Å². The molecule has 2 heterocycles. The van der Waals surface area contributed by atoms with E-state index >= 15 is 0 Å². The van der Waals surface area contributed by atoms with Crippen molar-refractivity contribution in [2.75, 3.05) is 5.32 Å². The zero-order chi connectivity index (χ0) is 11.5. The molecular formula is C9H11F2N5. The molecule has 1 N–H and O–H groups in total. The van der Waals surface area contributed by atoms with Gasteiger partial charge in [-0.25, -0.2) is 4.68 Å². The number of nitrogens with one attached hydrogen (secondary N) is 1. The minimum atomic E-state index is -2.62. The topological polar surface area (TPSA) is 47.7 Å². The van der Waals surface area contributed by atoms with Crippen molar-refractivity contribution in [3.8, 4) is 0 Å². The second-order valence-corrected chi connectivity index (χ2v) is 3.27. The van der Waals surface area contributed by atoms with Crippen LogP contribution in [0.3, 0.4) is 0 Å². The van der Waals surface area contributed by atoms with Crippen LogP contribution in [-0.4, -0.2) is 19.6 Å². The molecule has 0 atom stereocenters. The number of aryl methyl sites for hydroxylation is 1. The van der Waals surface area contributed by atoms with Gasteiger partial charge in [0.2, 0.25) is 0 Å². The molecule has 0 aliphatic rings. The van der Waals surface area contributed by atoms with Crippen molar-refractivity contribution in [1.29, 1.82) is 0 Å². The Morgan fingerprint density at radius 3 is 2.88 bits per heavy atom. The maximum absolute atomic E-state index is 12.4. The number of aromatic nitrogens is 4. The highest BCUT2D eigenvalue weighted by atomic mass is 19.3. The summed E-state index contributed by atoms with van der Waals surface area (Å²) in [5.74, 6) is 0.643. The second kappa shape index (κ2) is 4.30. The zero-order valence-electron chi connectivity index (χ0n) is 8.64. The van der Waals surface area contributed by atoms with Gasteiger partial charge in [-0.1, -0.05) is 0 Å². The normalized spacial score (nSPS) is 11.0. The first-order chi connectivity index (χ1) is 7.66. The molecular weight excluding hydrogens is 216 g/mol. The Labute approximate surface area is 90.7 Å². The summed E-state index contributed by atoms with van der Waals surface area (Å²) in [5, 5.41) is 10.5. The summed E-state index contributed by atoms with van der Waals surface area (Å²) in [7, 11) is 1.79. The molecule has 0 spiro atoms. The fourth-order valence-electron chi connectivity index (χ4n) is 1.35. The summed E-state index contributed by atoms with van der Waals surface area (Å²) in [6.45, 7) is -2.35. The molecule has 2 aromatic heterocycles. The highest BCUT2D eigenvalue weighted by Gasteiger charge is 2.11. The summed E-state index contributed by atoms with van der Waals surface area (Å²) in [5.41, 5.74) is 0.417. The predicted molar refractivity (Wildman–Crippen MR) is 54.0 cm³/mol. The molecule has 0 radical (unpaired) electrons. The molecule has 0 aliphatic carbocycles. The predicted octanol–water partition coefficient (Wildman–Crippen LogP) is 1.62. The minimum Gasteiger partial charge on any atom is -0.363 e. The first-order valence-electron chi connectivity index (χ1n) is 4.71. The fourth-order valence-corrected chi connectivity index (χ4v) is 1.35. The molecule has 86 valence electrons. The first kappa shape index (κ1) is 10.6. The summed E-state index contributed by atoms with van der Waals surface area (Å²) in [6, 6.07) is 3.31. The van der Waals surface area contributed by atoms with Crippen LogP contribution in [-0.2, 0) is 13.6 Å². The van der Waals surface area contributed by atoms with Gasteiger partial charge in [0.05, 0.1) is 12.2 Å². The summed E-state index contributed by atoms with van der Waals surface area (Å²) in [4.78, 5) is 0. The van der Waals surface area contributed by atoms with Gasteiger partial charge in [0, 0.05) is 25.5 Å². The molecule has 0 fully saturated rings. The van der Waals surface area contributed by atoms with Crippen LogP contribution in [0, 0.1) is 0 Å². The number of hydrogen-bond acceptors (Lipinski definition) is 3. The SMILES string of the molecule is Cn1ccc(NCc2ccnn2C(F)F)n1. The lowest BCUT2D eigenvalue weighted by atomic mass is 10.4. The Balaban J connectivity index is 2.02. The summed E-state index contributed by atoms with van der Waals surface area (Å²) < 4.78 is 27.2. The number of alkyl halides is 2. The standard InChI is InChI=1S/C9H11F2N5/c1-15-5-3-8(14-15)12-6-7-2-4-13-16(7)9(10)11/h2-5,9H,6H2,1H3,(H,12,14). The van der Waals surface area contributed by atoms with Crippen molar-refractivity contribution >= 4 is 5.82 Å². The van der Waals surface area contributed by atoms with E-state index in [1.165, 1.54) is 6.20 Å². The highest BCUT2D eigenvalue weighted by Crippen LogP contribution is 2.13. The number of halogens is 2. The fraction of sp³-hybridized carbons (Fsp3) is 0.333. The molecule has 2 aromatic rings. The Morgan fingerprint density at radius 2 is 2.25 bits per heavy atom. The average molecular weight is 227 g/mol. The smallest absolute Gasteiger partial charge is 0.333 e. The third kappa shape index (κ3) is 2.18. The Kier molecular flexibility index (Phi) is 2.84. The molecule has 0 unspecified atom stereocenters. The van der Waals surface area contributed by atoms with E-state index in [0.29, 0.717) is 16.2 Å². The van der Waals surface area contributed by atoms with Crippen molar-refractivity contribution in [1.82, 2.24) is 19.6 Å². The van der Waals surface area contributed by atoms with Crippen LogP contribution < -0.4 is 5.32 Å². The third-order valence-corrected chi connectivity index (χ3v) is 2.10. The van der Waals surface area contributed by atoms with Crippen LogP contribution in [0.25, 0.3) is 0 Å². The first-order valence-corrected chi connectivity index (χ1v) is 4.71. The minimum absolute atomic E-state index is 0.265. The van der Waals surface area contributed by atoms with Crippen LogP contribution >= 0.6 is 0 Å². The molecule has 0 aliphatic heterocycles. The second-order valence-electron chi connectivity index (χ2n) is 3.27. The lowest BCUT2D eigenvalue weighted by molar-refractivity contribution is 0.0537. The molecule has 0 aromatic carbocycles. The summed E-state index contributed by atoms with van der Waals surface area (Å²) in [6.07, 6.45) is 3.12. The zero-order valence-corrected chi connectivity index (χ0v) is 8.64. The van der Waals surface area contributed by atoms with E-state index in [-0.39, 0.29) is 6.54 Å². The van der Waals surface area contributed by atoms with E-state index in [1.54, 1.807) is 30.1 Å². The van der Waals surface area contributed by atoms with Crippen LogP contribution in [0.15, 0.2) is 24.5 Å². The van der Waals surface area contributed by atoms with E-state index in [0.717, 1.165) is 0 Å². The molecule has 2 rings (SSSR count). The van der Waals surface area contributed by atoms with Gasteiger partial charge in [0.25, 0.3) is 0 Å². The van der Waals surface area contributed by atoms with Gasteiger partial charge in [0.1, 0.15) is 5.82 Å². The molecule has 0 saturated heterocycles. The average Bonchev–Trinajstić information content (AvgIpc) is 2.83. The Morgan fingerprint density at radius 1 is 1.44 bits per heavy atom. The lowest BCUT2D eigenvalue weighted by Gasteiger charge is -2.06. The Hall–Kier alpha value is -1.92. The van der Waals surface area contributed by atoms with E-state index in [2.05, 4.69) is 15.5 Å². The number of hydrogen-bond donors (Lipinski definition) is 1. The molecule has 7 heteroatoms. The maximum Gasteiger partial charge on any atom is 0.333 e. The molecule has 0 saturated carbocycles. The summed E-state index contributed by atoms with van der Waals surface area (Å²) >= 11 is 0. The van der Waals surface area contributed by atoms with Crippen molar-refractivity contribution in [2.24, 2.45) is 7.05 Å². The van der Waals surface area contributed by atoms with E-state index in [4.69, 9.17) is 0 Å². The highest BCUT2D eigenvalue weighted by molar-refractivity contribution is 5.32. The van der Waals surface area contributed by atoms with Crippen molar-refractivity contribution < 1.29 is 8.78 Å². The third-order valence-electron chi connectivity index (χ3n) is 2.10. The van der Waals surface area contributed by atoms with Gasteiger partial charge >= 0.3 is 6.55 Å². The van der Waals surface area contributed by atoms with Crippen molar-refractivity contribution in [3.05, 3.63) is 30.2 Å². The van der Waals surface area contributed by atoms with Gasteiger partial charge < -0.3 is 5.32 Å². The molecule has 5 nitrogen and oxygen atoms in total. The number of anilines is 1. The number of rotatable bonds is 4. The van der Waals surface area contributed by atoms with Crippen LogP contribution in [0.5, 0.6) is 0 Å². The van der Waals surface area contributed by atoms with E-state index in [9.17, 15) is 8.78 Å². The monoisotopic (exact) mass is 227 g/mol. The largest absolute Gasteiger partial charge is 0.363 e. The van der Waals surface area contributed by atoms with E-state index in [1.807, 2.05) is 0 Å². The maximum atomic E-state index is 12.4. The van der Waals surface area contributed by atoms with Crippen LogP contribution in [0.4, 0.5) is 14.6 Å². The number of nitrogens with zero attached hydrogens (tertiary/aromatic N) is 4. The van der Waals surface area contributed by atoms with Gasteiger partial charge in [-0.3, -0.25) is 4.68 Å². The van der Waals surface area contributed by atoms with Gasteiger partial charge in [-0.2, -0.15) is 19.0 Å². The van der Waals surface area contributed by atoms with Gasteiger partial charge in [-0.15, -0.1) is 0 Å². The molecule has 16 heavy (non-hydrogen) atoms. The van der Waals surface area contributed by atoms with Gasteiger partial charge in [0.15, 0.2) is 0 Å². The Bertz CT molecular complexity index is 462. The molecule has 0 bridgehead atoms. The van der Waals surface area contributed by atoms with Crippen LogP contribution in [0.2, 0.25) is 0 Å². The van der Waals surface area contributed by atoms with Crippen molar-refractivity contribution in [2.45, 2.75) is 13.1 Å². The van der Waals surface area contributed by atoms with Gasteiger partial charge in [-0.05, 0) is 6.07 Å². The quantitative estimate of drug-likeness (QED) is 0.863.